The Hall–Kier alpha value is -8.15. The van der Waals surface area contributed by atoms with Gasteiger partial charge in [0.2, 0.25) is 0 Å². The molecule has 2 aliphatic heterocycles. The van der Waals surface area contributed by atoms with Crippen LogP contribution in [-0.4, -0.2) is 64.2 Å². The topological polar surface area (TPSA) is 207 Å². The minimum atomic E-state index is -1.17. The van der Waals surface area contributed by atoms with Crippen LogP contribution >= 0.6 is 0 Å². The molecule has 12 nitrogen and oxygen atoms in total. The first-order chi connectivity index (χ1) is 29.1. The number of carbonyl (C=O) groups is 4. The summed E-state index contributed by atoms with van der Waals surface area (Å²) < 4.78 is 0. The first-order valence-electron chi connectivity index (χ1n) is 18.6. The summed E-state index contributed by atoms with van der Waals surface area (Å²) in [6.45, 7) is 0. The molecule has 0 saturated carbocycles. The first kappa shape index (κ1) is 39.7. The molecule has 6 N–H and O–H groups in total. The Morgan fingerprint density at radius 2 is 0.557 bits per heavy atom. The average Bonchev–Trinajstić information content (AvgIpc) is 4.09. The molecule has 0 spiro atoms. The summed E-state index contributed by atoms with van der Waals surface area (Å²) in [5.74, 6) is -4.67. The number of hydrogen-bond donors (Lipinski definition) is 6. The number of fused-ring (bicyclic) bond motifs is 8. The van der Waals surface area contributed by atoms with Gasteiger partial charge < -0.3 is 30.4 Å². The Balaban J connectivity index is 0.00000514. The van der Waals surface area contributed by atoms with Crippen molar-refractivity contribution in [3.63, 3.8) is 0 Å². The Morgan fingerprint density at radius 1 is 0.344 bits per heavy atom. The molecule has 2 aliphatic rings. The van der Waals surface area contributed by atoms with Crippen molar-refractivity contribution >= 4 is 70.2 Å². The Kier molecular flexibility index (Phi) is 10.3. The smallest absolute Gasteiger partial charge is 0.336 e. The van der Waals surface area contributed by atoms with Crippen LogP contribution in [0.25, 0.3) is 90.9 Å². The average molecular weight is 849 g/mol. The fourth-order valence-corrected chi connectivity index (χ4v) is 7.89. The van der Waals surface area contributed by atoms with Gasteiger partial charge in [-0.1, -0.05) is 72.8 Å². The van der Waals surface area contributed by atoms with E-state index in [2.05, 4.69) is 9.97 Å². The fraction of sp³-hybridized carbons (Fsp3) is 0. The number of aromatic carboxylic acids is 4. The van der Waals surface area contributed by atoms with Gasteiger partial charge in [0.15, 0.2) is 0 Å². The summed E-state index contributed by atoms with van der Waals surface area (Å²) in [5, 5.41) is 41.5. The van der Waals surface area contributed by atoms with E-state index in [4.69, 9.17) is 9.97 Å². The second-order valence-corrected chi connectivity index (χ2v) is 13.9. The van der Waals surface area contributed by atoms with E-state index in [9.17, 15) is 39.6 Å². The summed E-state index contributed by atoms with van der Waals surface area (Å²) in [4.78, 5) is 67.9. The number of nitrogens with one attached hydrogen (secondary N) is 2. The van der Waals surface area contributed by atoms with E-state index in [1.54, 1.807) is 121 Å². The molecule has 9 rings (SSSR count). The number of benzene rings is 4. The van der Waals surface area contributed by atoms with Crippen LogP contribution < -0.4 is 0 Å². The number of nitrogens with zero attached hydrogens (tertiary/aromatic N) is 2. The van der Waals surface area contributed by atoms with Gasteiger partial charge in [0.25, 0.3) is 0 Å². The van der Waals surface area contributed by atoms with Crippen molar-refractivity contribution in [2.45, 2.75) is 0 Å². The second-order valence-electron chi connectivity index (χ2n) is 13.9. The van der Waals surface area contributed by atoms with Gasteiger partial charge in [0.05, 0.1) is 45.0 Å². The van der Waals surface area contributed by atoms with Gasteiger partial charge >= 0.3 is 23.9 Å². The van der Waals surface area contributed by atoms with Crippen molar-refractivity contribution < 1.29 is 56.1 Å². The SMILES string of the molecule is O=C(O)c1ccccc1-c1c2nc(c(-c3ccccc3C(=O)O)c3ccc([nH]3)c(-c3ccccc3C(=O)O)c3nc(c(-c4ccccc4C(=O)O)c4ccc1[nH]4)C=C3)C=C2.[Ni]. The minimum Gasteiger partial charge on any atom is -0.478 e. The van der Waals surface area contributed by atoms with Crippen LogP contribution in [0.2, 0.25) is 0 Å². The Bertz CT molecular complexity index is 2830. The molecule has 0 unspecified atom stereocenters. The standard InChI is InChI=1S/C48H30N4O8.Ni/c53-45(54)29-13-5-1-9-25(29)41-33-17-19-35(49-33)42(26-10-2-6-14-30(26)46(55)56)37-21-23-39(51-37)44(28-12-4-8-16-32(28)48(59)60)40-24-22-38(52-40)43(36-20-18-34(41)50-36)27-11-3-7-15-31(27)47(57)58;/h1-24,49,52H,(H,53,54)(H,55,56)(H,57,58)(H,59,60);. The van der Waals surface area contributed by atoms with Gasteiger partial charge in [-0.15, -0.1) is 0 Å². The fourth-order valence-electron chi connectivity index (χ4n) is 7.89. The molecule has 4 aromatic carbocycles. The number of rotatable bonds is 8. The summed E-state index contributed by atoms with van der Waals surface area (Å²) >= 11 is 0. The third-order valence-corrected chi connectivity index (χ3v) is 10.5. The van der Waals surface area contributed by atoms with Crippen molar-refractivity contribution in [2.75, 3.05) is 0 Å². The molecule has 61 heavy (non-hydrogen) atoms. The molecular formula is C48H30N4NiO8. The maximum Gasteiger partial charge on any atom is 0.336 e. The largest absolute Gasteiger partial charge is 0.478 e. The van der Waals surface area contributed by atoms with Gasteiger partial charge in [-0.2, -0.15) is 0 Å². The molecule has 0 radical (unpaired) electrons. The van der Waals surface area contributed by atoms with E-state index >= 15 is 0 Å². The van der Waals surface area contributed by atoms with Gasteiger partial charge in [-0.3, -0.25) is 0 Å². The van der Waals surface area contributed by atoms with Crippen molar-refractivity contribution in [2.24, 2.45) is 0 Å². The normalized spacial score (nSPS) is 11.5. The van der Waals surface area contributed by atoms with Crippen molar-refractivity contribution in [1.82, 2.24) is 19.9 Å². The van der Waals surface area contributed by atoms with E-state index < -0.39 is 23.9 Å². The maximum absolute atomic E-state index is 12.7. The summed E-state index contributed by atoms with van der Waals surface area (Å²) in [7, 11) is 0. The zero-order valence-corrected chi connectivity index (χ0v) is 32.5. The van der Waals surface area contributed by atoms with E-state index in [1.807, 2.05) is 0 Å². The van der Waals surface area contributed by atoms with Crippen molar-refractivity contribution in [3.05, 3.63) is 166 Å². The summed E-state index contributed by atoms with van der Waals surface area (Å²) in [5.41, 5.74) is 6.29. The number of hydrogen-bond acceptors (Lipinski definition) is 6. The van der Waals surface area contributed by atoms with E-state index in [0.717, 1.165) is 0 Å². The molecule has 0 fully saturated rings. The molecule has 0 saturated heterocycles. The molecular weight excluding hydrogens is 819 g/mol. The molecule has 7 aromatic rings. The maximum atomic E-state index is 12.7. The molecule has 0 atom stereocenters. The first-order valence-corrected chi connectivity index (χ1v) is 18.6. The van der Waals surface area contributed by atoms with Gasteiger partial charge in [0.1, 0.15) is 0 Å². The quantitative estimate of drug-likeness (QED) is 0.0798. The van der Waals surface area contributed by atoms with Crippen LogP contribution in [-0.2, 0) is 16.5 Å². The summed E-state index contributed by atoms with van der Waals surface area (Å²) in [6.07, 6.45) is 6.91. The van der Waals surface area contributed by atoms with Crippen LogP contribution in [0.15, 0.2) is 121 Å². The monoisotopic (exact) mass is 848 g/mol. The molecule has 0 aliphatic carbocycles. The third-order valence-electron chi connectivity index (χ3n) is 10.5. The zero-order chi connectivity index (χ0) is 41.7. The van der Waals surface area contributed by atoms with Crippen LogP contribution in [0.5, 0.6) is 0 Å². The Labute approximate surface area is 355 Å². The van der Waals surface area contributed by atoms with Crippen LogP contribution in [0.1, 0.15) is 64.2 Å². The predicted molar refractivity (Wildman–Crippen MR) is 228 cm³/mol. The number of aromatic nitrogens is 4. The van der Waals surface area contributed by atoms with Crippen molar-refractivity contribution in [1.29, 1.82) is 0 Å². The van der Waals surface area contributed by atoms with Crippen LogP contribution in [0.3, 0.4) is 0 Å². The molecule has 13 heteroatoms. The van der Waals surface area contributed by atoms with E-state index in [-0.39, 0.29) is 38.7 Å². The third kappa shape index (κ3) is 6.98. The minimum absolute atomic E-state index is 0. The van der Waals surface area contributed by atoms with Gasteiger partial charge in [-0.25, -0.2) is 29.1 Å². The van der Waals surface area contributed by atoms with Crippen LogP contribution in [0.4, 0.5) is 0 Å². The van der Waals surface area contributed by atoms with E-state index in [1.165, 1.54) is 24.3 Å². The van der Waals surface area contributed by atoms with E-state index in [0.29, 0.717) is 89.4 Å². The number of carboxylic acids is 4. The number of carboxylic acid groups (broad SMARTS) is 4. The Morgan fingerprint density at radius 3 is 0.770 bits per heavy atom. The molecule has 5 heterocycles. The molecule has 300 valence electrons. The van der Waals surface area contributed by atoms with Crippen LogP contribution in [0, 0.1) is 0 Å². The molecule has 8 bridgehead atoms. The molecule has 0 amide bonds. The van der Waals surface area contributed by atoms with Crippen molar-refractivity contribution in [3.8, 4) is 44.5 Å². The summed E-state index contributed by atoms with van der Waals surface area (Å²) in [6, 6.07) is 33.1. The number of H-pyrrole nitrogens is 2. The van der Waals surface area contributed by atoms with Gasteiger partial charge in [0, 0.05) is 83.1 Å². The molecule has 3 aromatic heterocycles. The second kappa shape index (κ2) is 15.9. The van der Waals surface area contributed by atoms with Gasteiger partial charge in [-0.05, 0) is 72.8 Å². The zero-order valence-electron chi connectivity index (χ0n) is 31.5. The number of aromatic amines is 2. The predicted octanol–water partition coefficient (Wildman–Crippen LogP) is 10.1.